The minimum atomic E-state index is 0.560. The van der Waals surface area contributed by atoms with Crippen molar-refractivity contribution in [1.29, 1.82) is 0 Å². The quantitative estimate of drug-likeness (QED) is 0.365. The average Bonchev–Trinajstić information content (AvgIpc) is 3.44. The molecule has 0 saturated heterocycles. The maximum Gasteiger partial charge on any atom is 0.113 e. The van der Waals surface area contributed by atoms with Crippen molar-refractivity contribution in [3.05, 3.63) is 36.7 Å². The molecule has 0 radical (unpaired) electrons. The minimum absolute atomic E-state index is 0.560. The van der Waals surface area contributed by atoms with Crippen molar-refractivity contribution in [1.82, 2.24) is 30.0 Å². The molecule has 0 spiro atoms. The van der Waals surface area contributed by atoms with Crippen LogP contribution in [0.1, 0.15) is 0 Å². The third-order valence-electron chi connectivity index (χ3n) is 4.32. The van der Waals surface area contributed by atoms with E-state index in [0.717, 1.165) is 22.5 Å². The average molecular weight is 416 g/mol. The fourth-order valence-electron chi connectivity index (χ4n) is 2.72. The van der Waals surface area contributed by atoms with Gasteiger partial charge in [0.1, 0.15) is 11.4 Å². The second-order valence-corrected chi connectivity index (χ2v) is 6.52. The molecule has 162 valence electrons. The van der Waals surface area contributed by atoms with E-state index in [2.05, 4.69) is 20.6 Å². The van der Waals surface area contributed by atoms with Gasteiger partial charge in [0.2, 0.25) is 0 Å². The van der Waals surface area contributed by atoms with Crippen LogP contribution in [0.4, 0.5) is 0 Å². The molecule has 3 aromatic rings. The number of hydrogen-bond donors (Lipinski definition) is 0. The molecule has 1 aromatic carbocycles. The van der Waals surface area contributed by atoms with E-state index in [-0.39, 0.29) is 0 Å². The van der Waals surface area contributed by atoms with E-state index < -0.39 is 0 Å². The summed E-state index contributed by atoms with van der Waals surface area (Å²) in [4.78, 5) is 0. The molecular formula is C20H28N6O4. The van der Waals surface area contributed by atoms with E-state index in [4.69, 9.17) is 18.9 Å². The molecule has 2 heterocycles. The first-order valence-electron chi connectivity index (χ1n) is 9.84. The van der Waals surface area contributed by atoms with Gasteiger partial charge in [0, 0.05) is 25.3 Å². The second-order valence-electron chi connectivity index (χ2n) is 6.52. The van der Waals surface area contributed by atoms with E-state index in [1.165, 1.54) is 0 Å². The summed E-state index contributed by atoms with van der Waals surface area (Å²) in [6.07, 6.45) is 3.82. The van der Waals surface area contributed by atoms with Gasteiger partial charge in [0.05, 0.1) is 65.1 Å². The highest BCUT2D eigenvalue weighted by Crippen LogP contribution is 2.23. The lowest BCUT2D eigenvalue weighted by atomic mass is 10.1. The Hall–Kier alpha value is -2.66. The highest BCUT2D eigenvalue weighted by molar-refractivity contribution is 5.68. The summed E-state index contributed by atoms with van der Waals surface area (Å²) in [7, 11) is 3.31. The molecule has 0 fully saturated rings. The Labute approximate surface area is 175 Å². The predicted octanol–water partition coefficient (Wildman–Crippen LogP) is 1.53. The smallest absolute Gasteiger partial charge is 0.113 e. The van der Waals surface area contributed by atoms with Crippen molar-refractivity contribution in [2.75, 3.05) is 53.9 Å². The number of methoxy groups -OCH3 is 2. The van der Waals surface area contributed by atoms with E-state index in [0.29, 0.717) is 52.7 Å². The Bertz CT molecular complexity index is 814. The van der Waals surface area contributed by atoms with Crippen LogP contribution >= 0.6 is 0 Å². The molecule has 3 rings (SSSR count). The van der Waals surface area contributed by atoms with Crippen molar-refractivity contribution in [3.8, 4) is 22.5 Å². The van der Waals surface area contributed by atoms with Crippen LogP contribution < -0.4 is 0 Å². The van der Waals surface area contributed by atoms with Crippen LogP contribution in [0.3, 0.4) is 0 Å². The normalized spacial score (nSPS) is 11.3. The lowest BCUT2D eigenvalue weighted by Gasteiger charge is -2.03. The molecule has 0 amide bonds. The monoisotopic (exact) mass is 416 g/mol. The Balaban J connectivity index is 1.56. The van der Waals surface area contributed by atoms with Gasteiger partial charge in [-0.3, -0.25) is 0 Å². The van der Waals surface area contributed by atoms with E-state index in [1.54, 1.807) is 23.6 Å². The van der Waals surface area contributed by atoms with Gasteiger partial charge < -0.3 is 18.9 Å². The Morgan fingerprint density at radius 3 is 1.67 bits per heavy atom. The van der Waals surface area contributed by atoms with Gasteiger partial charge in [-0.25, -0.2) is 9.36 Å². The SMILES string of the molecule is COCCOCCn1cc(-c2cccc(-c3cn(CCOCCOC)nn3)c2)nn1. The second kappa shape index (κ2) is 12.1. The standard InChI is InChI=1S/C20H28N6O4/c1-27-10-12-29-8-6-25-15-19(21-23-25)17-4-3-5-18(14-17)20-16-26(24-22-20)7-9-30-13-11-28-2/h3-5,14-16H,6-13H2,1-2H3. The zero-order valence-electron chi connectivity index (χ0n) is 17.4. The van der Waals surface area contributed by atoms with E-state index in [9.17, 15) is 0 Å². The Morgan fingerprint density at radius 2 is 1.20 bits per heavy atom. The molecule has 30 heavy (non-hydrogen) atoms. The van der Waals surface area contributed by atoms with Crippen molar-refractivity contribution >= 4 is 0 Å². The van der Waals surface area contributed by atoms with Crippen LogP contribution in [0.2, 0.25) is 0 Å². The third-order valence-corrected chi connectivity index (χ3v) is 4.32. The molecule has 0 atom stereocenters. The maximum atomic E-state index is 5.47. The van der Waals surface area contributed by atoms with Crippen LogP contribution in [-0.2, 0) is 32.0 Å². The van der Waals surface area contributed by atoms with Crippen LogP contribution in [0.15, 0.2) is 36.7 Å². The molecule has 0 N–H and O–H groups in total. The van der Waals surface area contributed by atoms with Gasteiger partial charge in [-0.2, -0.15) is 0 Å². The number of benzene rings is 1. The fourth-order valence-corrected chi connectivity index (χ4v) is 2.72. The molecule has 0 aliphatic carbocycles. The van der Waals surface area contributed by atoms with Crippen LogP contribution in [0.5, 0.6) is 0 Å². The highest BCUT2D eigenvalue weighted by Gasteiger charge is 2.09. The van der Waals surface area contributed by atoms with Crippen molar-refractivity contribution in [2.24, 2.45) is 0 Å². The molecule has 0 saturated carbocycles. The first-order valence-corrected chi connectivity index (χ1v) is 9.84. The van der Waals surface area contributed by atoms with Gasteiger partial charge in [0.15, 0.2) is 0 Å². The topological polar surface area (TPSA) is 98.3 Å². The van der Waals surface area contributed by atoms with Crippen LogP contribution in [0.25, 0.3) is 22.5 Å². The fraction of sp³-hybridized carbons (Fsp3) is 0.500. The highest BCUT2D eigenvalue weighted by atomic mass is 16.5. The summed E-state index contributed by atoms with van der Waals surface area (Å²) < 4.78 is 24.4. The van der Waals surface area contributed by atoms with Crippen molar-refractivity contribution in [3.63, 3.8) is 0 Å². The number of aromatic nitrogens is 6. The zero-order valence-corrected chi connectivity index (χ0v) is 17.4. The Kier molecular flexibility index (Phi) is 8.91. The van der Waals surface area contributed by atoms with Crippen molar-refractivity contribution in [2.45, 2.75) is 13.1 Å². The predicted molar refractivity (Wildman–Crippen MR) is 110 cm³/mol. The molecule has 10 heteroatoms. The van der Waals surface area contributed by atoms with E-state index in [1.807, 2.05) is 36.7 Å². The molecule has 0 bridgehead atoms. The summed E-state index contributed by atoms with van der Waals surface area (Å²) in [6.45, 7) is 4.70. The van der Waals surface area contributed by atoms with Gasteiger partial charge >= 0.3 is 0 Å². The summed E-state index contributed by atoms with van der Waals surface area (Å²) in [5.41, 5.74) is 3.54. The molecule has 2 aromatic heterocycles. The van der Waals surface area contributed by atoms with E-state index >= 15 is 0 Å². The Morgan fingerprint density at radius 1 is 0.700 bits per heavy atom. The maximum absolute atomic E-state index is 5.47. The lowest BCUT2D eigenvalue weighted by Crippen LogP contribution is -2.09. The molecular weight excluding hydrogens is 388 g/mol. The van der Waals surface area contributed by atoms with Gasteiger partial charge in [-0.05, 0) is 6.07 Å². The molecule has 0 unspecified atom stereocenters. The first kappa shape index (κ1) is 22.0. The first-order chi connectivity index (χ1) is 14.8. The van der Waals surface area contributed by atoms with Gasteiger partial charge in [0.25, 0.3) is 0 Å². The summed E-state index contributed by atoms with van der Waals surface area (Å²) >= 11 is 0. The van der Waals surface area contributed by atoms with Crippen LogP contribution in [0, 0.1) is 0 Å². The molecule has 0 aliphatic heterocycles. The van der Waals surface area contributed by atoms with Crippen molar-refractivity contribution < 1.29 is 18.9 Å². The number of nitrogens with zero attached hydrogens (tertiary/aromatic N) is 6. The number of hydrogen-bond acceptors (Lipinski definition) is 8. The minimum Gasteiger partial charge on any atom is -0.382 e. The van der Waals surface area contributed by atoms with Gasteiger partial charge in [-0.15, -0.1) is 10.2 Å². The number of rotatable bonds is 14. The van der Waals surface area contributed by atoms with Crippen LogP contribution in [-0.4, -0.2) is 83.8 Å². The van der Waals surface area contributed by atoms with Gasteiger partial charge in [-0.1, -0.05) is 28.6 Å². The summed E-state index contributed by atoms with van der Waals surface area (Å²) in [6, 6.07) is 8.01. The number of ether oxygens (including phenoxy) is 4. The lowest BCUT2D eigenvalue weighted by molar-refractivity contribution is 0.0652. The summed E-state index contributed by atoms with van der Waals surface area (Å²) in [5, 5.41) is 16.9. The zero-order chi connectivity index (χ0) is 21.0. The summed E-state index contributed by atoms with van der Waals surface area (Å²) in [5.74, 6) is 0. The molecule has 10 nitrogen and oxygen atoms in total. The molecule has 0 aliphatic rings. The largest absolute Gasteiger partial charge is 0.382 e. The third kappa shape index (κ3) is 6.70.